The van der Waals surface area contributed by atoms with E-state index in [0.29, 0.717) is 22.3 Å². The summed E-state index contributed by atoms with van der Waals surface area (Å²) in [5.41, 5.74) is 2.04. The zero-order valence-electron chi connectivity index (χ0n) is 20.4. The molecule has 0 aliphatic rings. The van der Waals surface area contributed by atoms with Gasteiger partial charge < -0.3 is 4.74 Å². The Kier molecular flexibility index (Phi) is 7.03. The number of fused-ring (bicyclic) bond motifs is 1. The molecule has 0 aliphatic heterocycles. The molecule has 0 saturated carbocycles. The van der Waals surface area contributed by atoms with Crippen LogP contribution in [0.25, 0.3) is 10.9 Å². The second kappa shape index (κ2) is 10.0. The van der Waals surface area contributed by atoms with Crippen molar-refractivity contribution in [2.75, 3.05) is 0 Å². The molecule has 8 nitrogen and oxygen atoms in total. The molecule has 0 amide bonds. The third-order valence-corrected chi connectivity index (χ3v) is 5.95. The molecule has 36 heavy (non-hydrogen) atoms. The minimum Gasteiger partial charge on any atom is -0.482 e. The molecule has 4 rings (SSSR count). The Bertz CT molecular complexity index is 1550. The molecule has 4 aromatic rings. The molecule has 1 heterocycles. The highest BCUT2D eigenvalue weighted by atomic mass is 79.9. The SMILES string of the molecule is Cc1cccc(COc2ccc(C=Nn3c(C(C)(C)C)nc4ccc(Br)cc4c3=O)cc2[N+](=O)[O-])c1. The molecular formula is C27H25BrN4O4. The lowest BCUT2D eigenvalue weighted by molar-refractivity contribution is -0.385. The summed E-state index contributed by atoms with van der Waals surface area (Å²) in [6.07, 6.45) is 1.42. The summed E-state index contributed by atoms with van der Waals surface area (Å²) >= 11 is 3.39. The highest BCUT2D eigenvalue weighted by Crippen LogP contribution is 2.29. The monoisotopic (exact) mass is 548 g/mol. The van der Waals surface area contributed by atoms with Crippen LogP contribution in [0.15, 0.2) is 75.0 Å². The van der Waals surface area contributed by atoms with Gasteiger partial charge in [0.2, 0.25) is 0 Å². The van der Waals surface area contributed by atoms with E-state index in [9.17, 15) is 14.9 Å². The van der Waals surface area contributed by atoms with Crippen LogP contribution in [0.4, 0.5) is 5.69 Å². The second-order valence-corrected chi connectivity index (χ2v) is 10.4. The van der Waals surface area contributed by atoms with Gasteiger partial charge in [0.15, 0.2) is 5.75 Å². The molecule has 0 radical (unpaired) electrons. The Morgan fingerprint density at radius 2 is 1.92 bits per heavy atom. The first-order chi connectivity index (χ1) is 17.0. The lowest BCUT2D eigenvalue weighted by atomic mass is 9.95. The maximum absolute atomic E-state index is 13.3. The van der Waals surface area contributed by atoms with Gasteiger partial charge in [-0.15, -0.1) is 0 Å². The minimum atomic E-state index is -0.495. The standard InChI is InChI=1S/C27H25BrN4O4/c1-17-6-5-7-19(12-17)16-36-24-11-8-18(13-23(24)32(34)35)15-29-31-25(33)21-14-20(28)9-10-22(21)30-26(31)27(2,3)4/h5-15H,16H2,1-4H3. The van der Waals surface area contributed by atoms with Crippen LogP contribution >= 0.6 is 15.9 Å². The predicted octanol–water partition coefficient (Wildman–Crippen LogP) is 6.13. The third-order valence-electron chi connectivity index (χ3n) is 5.46. The van der Waals surface area contributed by atoms with E-state index in [-0.39, 0.29) is 23.6 Å². The number of ether oxygens (including phenoxy) is 1. The maximum Gasteiger partial charge on any atom is 0.311 e. The predicted molar refractivity (Wildman–Crippen MR) is 144 cm³/mol. The fourth-order valence-corrected chi connectivity index (χ4v) is 4.07. The van der Waals surface area contributed by atoms with Gasteiger partial charge in [0.1, 0.15) is 12.4 Å². The highest BCUT2D eigenvalue weighted by Gasteiger charge is 2.23. The van der Waals surface area contributed by atoms with Crippen molar-refractivity contribution in [2.45, 2.75) is 39.7 Å². The largest absolute Gasteiger partial charge is 0.482 e. The van der Waals surface area contributed by atoms with Gasteiger partial charge in [0.25, 0.3) is 5.56 Å². The molecule has 0 saturated heterocycles. The fraction of sp³-hybridized carbons (Fsp3) is 0.222. The van der Waals surface area contributed by atoms with E-state index >= 15 is 0 Å². The molecular weight excluding hydrogens is 524 g/mol. The summed E-state index contributed by atoms with van der Waals surface area (Å²) in [6.45, 7) is 8.00. The van der Waals surface area contributed by atoms with E-state index in [1.165, 1.54) is 17.0 Å². The van der Waals surface area contributed by atoms with Crippen LogP contribution in [-0.2, 0) is 12.0 Å². The van der Waals surface area contributed by atoms with Crippen molar-refractivity contribution in [2.24, 2.45) is 5.10 Å². The van der Waals surface area contributed by atoms with Crippen LogP contribution in [0.1, 0.15) is 43.3 Å². The lowest BCUT2D eigenvalue weighted by Gasteiger charge is -2.20. The third kappa shape index (κ3) is 5.52. The minimum absolute atomic E-state index is 0.156. The molecule has 3 aromatic carbocycles. The molecule has 184 valence electrons. The Morgan fingerprint density at radius 1 is 1.14 bits per heavy atom. The molecule has 0 bridgehead atoms. The average Bonchev–Trinajstić information content (AvgIpc) is 2.82. The van der Waals surface area contributed by atoms with Gasteiger partial charge in [-0.25, -0.2) is 4.98 Å². The van der Waals surface area contributed by atoms with E-state index in [2.05, 4.69) is 26.0 Å². The van der Waals surface area contributed by atoms with Crippen molar-refractivity contribution in [1.29, 1.82) is 0 Å². The number of hydrogen-bond donors (Lipinski definition) is 0. The summed E-state index contributed by atoms with van der Waals surface area (Å²) in [4.78, 5) is 29.2. The number of hydrogen-bond acceptors (Lipinski definition) is 6. The first kappa shape index (κ1) is 25.2. The van der Waals surface area contributed by atoms with Gasteiger partial charge in [-0.3, -0.25) is 14.9 Å². The normalized spacial score (nSPS) is 11.8. The van der Waals surface area contributed by atoms with Gasteiger partial charge in [-0.05, 0) is 42.8 Å². The number of nitrogens with zero attached hydrogens (tertiary/aromatic N) is 4. The van der Waals surface area contributed by atoms with E-state index in [1.807, 2.05) is 58.0 Å². The number of nitro groups is 1. The van der Waals surface area contributed by atoms with Crippen LogP contribution in [0.2, 0.25) is 0 Å². The number of rotatable bonds is 6. The smallest absolute Gasteiger partial charge is 0.311 e. The van der Waals surface area contributed by atoms with Crippen molar-refractivity contribution in [1.82, 2.24) is 9.66 Å². The number of benzene rings is 3. The zero-order chi connectivity index (χ0) is 26.0. The van der Waals surface area contributed by atoms with Crippen molar-refractivity contribution in [3.05, 3.63) is 108 Å². The number of halogens is 1. The van der Waals surface area contributed by atoms with Gasteiger partial charge in [0.05, 0.1) is 22.0 Å². The van der Waals surface area contributed by atoms with E-state index in [0.717, 1.165) is 15.6 Å². The number of aromatic nitrogens is 2. The van der Waals surface area contributed by atoms with Crippen molar-refractivity contribution >= 4 is 38.7 Å². The van der Waals surface area contributed by atoms with Crippen LogP contribution in [-0.4, -0.2) is 20.8 Å². The molecule has 0 atom stereocenters. The van der Waals surface area contributed by atoms with Gasteiger partial charge in [-0.2, -0.15) is 9.78 Å². The first-order valence-corrected chi connectivity index (χ1v) is 12.1. The van der Waals surface area contributed by atoms with Crippen LogP contribution in [0.5, 0.6) is 5.75 Å². The van der Waals surface area contributed by atoms with Crippen molar-refractivity contribution < 1.29 is 9.66 Å². The molecule has 1 aromatic heterocycles. The Labute approximate surface area is 216 Å². The topological polar surface area (TPSA) is 99.6 Å². The molecule has 0 N–H and O–H groups in total. The molecule has 0 unspecified atom stereocenters. The Morgan fingerprint density at radius 3 is 2.61 bits per heavy atom. The molecule has 0 fully saturated rings. The second-order valence-electron chi connectivity index (χ2n) is 9.47. The first-order valence-electron chi connectivity index (χ1n) is 11.3. The molecule has 9 heteroatoms. The maximum atomic E-state index is 13.3. The van der Waals surface area contributed by atoms with Crippen LogP contribution in [0.3, 0.4) is 0 Å². The Hall–Kier alpha value is -3.85. The Balaban J connectivity index is 1.70. The quantitative estimate of drug-likeness (QED) is 0.164. The van der Waals surface area contributed by atoms with Crippen molar-refractivity contribution in [3.8, 4) is 5.75 Å². The molecule has 0 aliphatic carbocycles. The van der Waals surface area contributed by atoms with E-state index in [1.54, 1.807) is 24.3 Å². The van der Waals surface area contributed by atoms with E-state index < -0.39 is 10.3 Å². The van der Waals surface area contributed by atoms with Crippen LogP contribution < -0.4 is 10.3 Å². The van der Waals surface area contributed by atoms with Gasteiger partial charge in [0, 0.05) is 21.5 Å². The lowest BCUT2D eigenvalue weighted by Crippen LogP contribution is -2.29. The summed E-state index contributed by atoms with van der Waals surface area (Å²) in [6, 6.07) is 17.6. The summed E-state index contributed by atoms with van der Waals surface area (Å²) in [7, 11) is 0. The molecule has 0 spiro atoms. The summed E-state index contributed by atoms with van der Waals surface area (Å²) in [5, 5.41) is 16.6. The van der Waals surface area contributed by atoms with Crippen LogP contribution in [0, 0.1) is 17.0 Å². The number of nitro benzene ring substituents is 1. The van der Waals surface area contributed by atoms with Gasteiger partial charge >= 0.3 is 5.69 Å². The average molecular weight is 549 g/mol. The van der Waals surface area contributed by atoms with Gasteiger partial charge in [-0.1, -0.05) is 66.5 Å². The fourth-order valence-electron chi connectivity index (χ4n) is 3.71. The number of aryl methyl sites for hydroxylation is 1. The summed E-state index contributed by atoms with van der Waals surface area (Å²) < 4.78 is 7.75. The van der Waals surface area contributed by atoms with Crippen molar-refractivity contribution in [3.63, 3.8) is 0 Å². The zero-order valence-corrected chi connectivity index (χ0v) is 21.9. The van der Waals surface area contributed by atoms with E-state index in [4.69, 9.17) is 4.74 Å². The highest BCUT2D eigenvalue weighted by molar-refractivity contribution is 9.10. The summed E-state index contributed by atoms with van der Waals surface area (Å²) in [5.74, 6) is 0.634.